The molecule has 1 aromatic heterocycles. The van der Waals surface area contributed by atoms with Crippen LogP contribution in [0.4, 0.5) is 0 Å². The van der Waals surface area contributed by atoms with Crippen molar-refractivity contribution in [1.29, 1.82) is 0 Å². The summed E-state index contributed by atoms with van der Waals surface area (Å²) >= 11 is 5.63. The fourth-order valence-corrected chi connectivity index (χ4v) is 2.27. The Hall–Kier alpha value is -0.690. The van der Waals surface area contributed by atoms with Crippen molar-refractivity contribution >= 4 is 38.5 Å². The van der Waals surface area contributed by atoms with Crippen LogP contribution in [0.1, 0.15) is 25.6 Å². The quantitative estimate of drug-likeness (QED) is 0.532. The van der Waals surface area contributed by atoms with Gasteiger partial charge in [0.15, 0.2) is 0 Å². The van der Waals surface area contributed by atoms with Gasteiger partial charge in [0.2, 0.25) is 5.88 Å². The minimum Gasteiger partial charge on any atom is -0.439 e. The number of hydrogen-bond acceptors (Lipinski definition) is 3. The molecule has 2 rings (SSSR count). The summed E-state index contributed by atoms with van der Waals surface area (Å²) in [5, 5.41) is 0. The zero-order chi connectivity index (χ0) is 13.1. The molecule has 0 atom stereocenters. The summed E-state index contributed by atoms with van der Waals surface area (Å²) in [5.41, 5.74) is 0. The van der Waals surface area contributed by atoms with Crippen molar-refractivity contribution in [3.05, 3.63) is 44.3 Å². The van der Waals surface area contributed by atoms with Crippen LogP contribution in [-0.2, 0) is 0 Å². The van der Waals surface area contributed by atoms with E-state index in [2.05, 4.69) is 62.3 Å². The van der Waals surface area contributed by atoms with Gasteiger partial charge in [-0.25, -0.2) is 4.98 Å². The van der Waals surface area contributed by atoms with E-state index in [1.807, 2.05) is 24.3 Å². The van der Waals surface area contributed by atoms with Crippen LogP contribution in [0.5, 0.6) is 11.6 Å². The third kappa shape index (κ3) is 3.65. The molecule has 0 radical (unpaired) electrons. The topological polar surface area (TPSA) is 35.0 Å². The first-order valence-corrected chi connectivity index (χ1v) is 7.39. The van der Waals surface area contributed by atoms with Gasteiger partial charge in [0.25, 0.3) is 0 Å². The van der Waals surface area contributed by atoms with Crippen molar-refractivity contribution in [3.63, 3.8) is 0 Å². The van der Waals surface area contributed by atoms with Gasteiger partial charge in [-0.15, -0.1) is 0 Å². The molecule has 0 aliphatic rings. The SMILES string of the molecule is CC(C)c1nc(Br)cc(Oc2cccc(I)c2)n1. The minimum atomic E-state index is 0.265. The zero-order valence-electron chi connectivity index (χ0n) is 10.0. The van der Waals surface area contributed by atoms with E-state index in [1.54, 1.807) is 6.07 Å². The number of halogens is 2. The highest BCUT2D eigenvalue weighted by Gasteiger charge is 2.08. The second kappa shape index (κ2) is 5.97. The van der Waals surface area contributed by atoms with Crippen LogP contribution in [0.25, 0.3) is 0 Å². The van der Waals surface area contributed by atoms with Crippen molar-refractivity contribution in [2.75, 3.05) is 0 Å². The number of rotatable bonds is 3. The van der Waals surface area contributed by atoms with Crippen molar-refractivity contribution in [3.8, 4) is 11.6 Å². The van der Waals surface area contributed by atoms with E-state index >= 15 is 0 Å². The lowest BCUT2D eigenvalue weighted by atomic mass is 10.2. The Kier molecular flexibility index (Phi) is 4.55. The summed E-state index contributed by atoms with van der Waals surface area (Å²) in [7, 11) is 0. The molecule has 0 bridgehead atoms. The van der Waals surface area contributed by atoms with Crippen LogP contribution >= 0.6 is 38.5 Å². The smallest absolute Gasteiger partial charge is 0.223 e. The number of ether oxygens (including phenoxy) is 1. The molecule has 0 saturated carbocycles. The second-order valence-corrected chi connectivity index (χ2v) is 6.16. The lowest BCUT2D eigenvalue weighted by Crippen LogP contribution is -1.99. The maximum Gasteiger partial charge on any atom is 0.223 e. The summed E-state index contributed by atoms with van der Waals surface area (Å²) in [6, 6.07) is 9.62. The van der Waals surface area contributed by atoms with E-state index in [-0.39, 0.29) is 5.92 Å². The highest BCUT2D eigenvalue weighted by Crippen LogP contribution is 2.24. The maximum absolute atomic E-state index is 5.74. The Bertz CT molecular complexity index is 560. The maximum atomic E-state index is 5.74. The molecule has 2 aromatic rings. The Morgan fingerprint density at radius 2 is 2.00 bits per heavy atom. The Morgan fingerprint density at radius 1 is 1.22 bits per heavy atom. The van der Waals surface area contributed by atoms with E-state index < -0.39 is 0 Å². The van der Waals surface area contributed by atoms with Gasteiger partial charge in [-0.1, -0.05) is 19.9 Å². The van der Waals surface area contributed by atoms with Crippen LogP contribution in [0.2, 0.25) is 0 Å². The Balaban J connectivity index is 2.29. The predicted octanol–water partition coefficient (Wildman–Crippen LogP) is 4.76. The molecule has 1 aromatic carbocycles. The number of benzene rings is 1. The summed E-state index contributed by atoms with van der Waals surface area (Å²) in [6.45, 7) is 4.11. The lowest BCUT2D eigenvalue weighted by molar-refractivity contribution is 0.455. The van der Waals surface area contributed by atoms with Gasteiger partial charge < -0.3 is 4.74 Å². The molecule has 3 nitrogen and oxygen atoms in total. The predicted molar refractivity (Wildman–Crippen MR) is 83.1 cm³/mol. The second-order valence-electron chi connectivity index (χ2n) is 4.10. The van der Waals surface area contributed by atoms with Gasteiger partial charge in [-0.3, -0.25) is 0 Å². The molecular formula is C13H12BrIN2O. The first-order chi connectivity index (χ1) is 8.54. The van der Waals surface area contributed by atoms with Crippen LogP contribution in [-0.4, -0.2) is 9.97 Å². The fourth-order valence-electron chi connectivity index (χ4n) is 1.38. The number of nitrogens with zero attached hydrogens (tertiary/aromatic N) is 2. The first-order valence-electron chi connectivity index (χ1n) is 5.52. The molecular weight excluding hydrogens is 407 g/mol. The van der Waals surface area contributed by atoms with Gasteiger partial charge >= 0.3 is 0 Å². The molecule has 1 heterocycles. The van der Waals surface area contributed by atoms with Crippen LogP contribution in [0.3, 0.4) is 0 Å². The fraction of sp³-hybridized carbons (Fsp3) is 0.231. The third-order valence-corrected chi connectivity index (χ3v) is 3.30. The van der Waals surface area contributed by atoms with E-state index in [9.17, 15) is 0 Å². The molecule has 18 heavy (non-hydrogen) atoms. The molecule has 0 aliphatic heterocycles. The Morgan fingerprint density at radius 3 is 2.67 bits per heavy atom. The molecule has 0 amide bonds. The highest BCUT2D eigenvalue weighted by molar-refractivity contribution is 14.1. The van der Waals surface area contributed by atoms with Crippen LogP contribution in [0.15, 0.2) is 34.9 Å². The van der Waals surface area contributed by atoms with E-state index in [4.69, 9.17) is 4.74 Å². The average molecular weight is 419 g/mol. The average Bonchev–Trinajstić information content (AvgIpc) is 2.28. The van der Waals surface area contributed by atoms with Crippen molar-refractivity contribution in [1.82, 2.24) is 9.97 Å². The molecule has 0 fully saturated rings. The van der Waals surface area contributed by atoms with Crippen molar-refractivity contribution < 1.29 is 4.74 Å². The third-order valence-electron chi connectivity index (χ3n) is 2.22. The van der Waals surface area contributed by atoms with E-state index in [0.717, 1.165) is 19.7 Å². The molecule has 0 N–H and O–H groups in total. The van der Waals surface area contributed by atoms with E-state index in [0.29, 0.717) is 5.88 Å². The molecule has 94 valence electrons. The first kappa shape index (κ1) is 13.7. The van der Waals surface area contributed by atoms with Crippen LogP contribution < -0.4 is 4.74 Å². The molecule has 0 aliphatic carbocycles. The lowest BCUT2D eigenvalue weighted by Gasteiger charge is -2.09. The Labute approximate surface area is 128 Å². The molecule has 5 heteroatoms. The van der Waals surface area contributed by atoms with Crippen molar-refractivity contribution in [2.24, 2.45) is 0 Å². The summed E-state index contributed by atoms with van der Waals surface area (Å²) < 4.78 is 7.61. The number of hydrogen-bond donors (Lipinski definition) is 0. The van der Waals surface area contributed by atoms with E-state index in [1.165, 1.54) is 0 Å². The standard InChI is InChI=1S/C13H12BrIN2O/c1-8(2)13-16-11(14)7-12(17-13)18-10-5-3-4-9(15)6-10/h3-8H,1-2H3. The van der Waals surface area contributed by atoms with Gasteiger partial charge in [-0.05, 0) is 56.7 Å². The summed E-state index contributed by atoms with van der Waals surface area (Å²) in [4.78, 5) is 8.71. The largest absolute Gasteiger partial charge is 0.439 e. The monoisotopic (exact) mass is 418 g/mol. The van der Waals surface area contributed by atoms with Crippen LogP contribution in [0, 0.1) is 3.57 Å². The van der Waals surface area contributed by atoms with Crippen molar-refractivity contribution in [2.45, 2.75) is 19.8 Å². The zero-order valence-corrected chi connectivity index (χ0v) is 13.8. The summed E-state index contributed by atoms with van der Waals surface area (Å²) in [5.74, 6) is 2.37. The molecule has 0 unspecified atom stereocenters. The van der Waals surface area contributed by atoms with Gasteiger partial charge in [-0.2, -0.15) is 4.98 Å². The van der Waals surface area contributed by atoms with Gasteiger partial charge in [0.1, 0.15) is 16.2 Å². The molecule has 0 saturated heterocycles. The number of aromatic nitrogens is 2. The summed E-state index contributed by atoms with van der Waals surface area (Å²) in [6.07, 6.45) is 0. The van der Waals surface area contributed by atoms with Gasteiger partial charge in [0.05, 0.1) is 0 Å². The highest BCUT2D eigenvalue weighted by atomic mass is 127. The normalized spacial score (nSPS) is 10.7. The van der Waals surface area contributed by atoms with Gasteiger partial charge in [0, 0.05) is 15.6 Å². The minimum absolute atomic E-state index is 0.265. The molecule has 0 spiro atoms.